The molecule has 1 aliphatic rings. The highest BCUT2D eigenvalue weighted by Gasteiger charge is 2.24. The van der Waals surface area contributed by atoms with E-state index in [1.165, 1.54) is 0 Å². The smallest absolute Gasteiger partial charge is 0.363 e. The Morgan fingerprint density at radius 1 is 0.966 bits per heavy atom. The number of ether oxygens (including phenoxy) is 2. The lowest BCUT2D eigenvalue weighted by atomic mass is 10.2. The molecule has 0 spiro atoms. The second-order valence-corrected chi connectivity index (χ2v) is 8.49. The third-order valence-electron chi connectivity index (χ3n) is 4.21. The van der Waals surface area contributed by atoms with E-state index in [1.807, 2.05) is 72.8 Å². The molecule has 0 saturated heterocycles. The predicted octanol–water partition coefficient (Wildman–Crippen LogP) is 5.98. The van der Waals surface area contributed by atoms with Gasteiger partial charge in [-0.2, -0.15) is 0 Å². The van der Waals surface area contributed by atoms with Gasteiger partial charge in [-0.3, -0.25) is 0 Å². The van der Waals surface area contributed by atoms with Crippen molar-refractivity contribution in [3.8, 4) is 5.75 Å². The molecule has 0 saturated carbocycles. The number of carbonyl (C=O) groups is 1. The van der Waals surface area contributed by atoms with Crippen LogP contribution in [0.25, 0.3) is 6.08 Å². The molecule has 144 valence electrons. The molecule has 4 rings (SSSR count). The maximum absolute atomic E-state index is 12.1. The van der Waals surface area contributed by atoms with Gasteiger partial charge in [-0.15, -0.1) is 0 Å². The number of nitrogens with zero attached hydrogens (tertiary/aromatic N) is 1. The van der Waals surface area contributed by atoms with Crippen molar-refractivity contribution in [1.29, 1.82) is 0 Å². The van der Waals surface area contributed by atoms with Gasteiger partial charge in [0.05, 0.1) is 0 Å². The van der Waals surface area contributed by atoms with E-state index in [4.69, 9.17) is 9.47 Å². The minimum absolute atomic E-state index is 0.280. The van der Waals surface area contributed by atoms with Gasteiger partial charge in [-0.1, -0.05) is 40.2 Å². The molecule has 4 nitrogen and oxygen atoms in total. The highest BCUT2D eigenvalue weighted by atomic mass is 127. The molecule has 3 aromatic carbocycles. The summed E-state index contributed by atoms with van der Waals surface area (Å²) in [7, 11) is 0. The normalized spacial score (nSPS) is 14.6. The molecule has 0 atom stereocenters. The summed E-state index contributed by atoms with van der Waals surface area (Å²) < 4.78 is 13.3. The molecule has 0 bridgehead atoms. The van der Waals surface area contributed by atoms with Crippen LogP contribution < -0.4 is 4.74 Å². The Labute approximate surface area is 190 Å². The third-order valence-corrected chi connectivity index (χ3v) is 5.46. The van der Waals surface area contributed by atoms with Gasteiger partial charge in [0, 0.05) is 13.6 Å². The molecule has 6 heteroatoms. The Morgan fingerprint density at radius 2 is 1.66 bits per heavy atom. The van der Waals surface area contributed by atoms with Crippen LogP contribution in [0.5, 0.6) is 5.75 Å². The summed E-state index contributed by atoms with van der Waals surface area (Å²) in [5.74, 6) is 0.633. The standard InChI is InChI=1S/C23H15BrINO3/c24-18-7-1-16(2-8-18)14-28-20-11-3-15(4-12-20)13-21-23(27)29-22(26-21)17-5-9-19(25)10-6-17/h1-13H,14H2/b21-13-. The van der Waals surface area contributed by atoms with Crippen LogP contribution in [0.3, 0.4) is 0 Å². The van der Waals surface area contributed by atoms with Gasteiger partial charge < -0.3 is 9.47 Å². The lowest BCUT2D eigenvalue weighted by molar-refractivity contribution is -0.129. The van der Waals surface area contributed by atoms with Crippen LogP contribution in [-0.2, 0) is 16.1 Å². The van der Waals surface area contributed by atoms with E-state index in [0.717, 1.165) is 30.5 Å². The van der Waals surface area contributed by atoms with Gasteiger partial charge in [-0.05, 0) is 88.3 Å². The summed E-state index contributed by atoms with van der Waals surface area (Å²) in [6.07, 6.45) is 1.71. The first kappa shape index (κ1) is 19.8. The van der Waals surface area contributed by atoms with E-state index in [1.54, 1.807) is 6.08 Å². The number of rotatable bonds is 5. The molecule has 29 heavy (non-hydrogen) atoms. The van der Waals surface area contributed by atoms with Crippen LogP contribution in [0, 0.1) is 3.57 Å². The van der Waals surface area contributed by atoms with E-state index in [0.29, 0.717) is 12.5 Å². The van der Waals surface area contributed by atoms with E-state index in [2.05, 4.69) is 43.5 Å². The number of esters is 1. The molecular weight excluding hydrogens is 545 g/mol. The Kier molecular flexibility index (Phi) is 6.10. The topological polar surface area (TPSA) is 47.9 Å². The van der Waals surface area contributed by atoms with Crippen molar-refractivity contribution in [1.82, 2.24) is 0 Å². The number of aliphatic imine (C=N–C) groups is 1. The lowest BCUT2D eigenvalue weighted by Gasteiger charge is -2.06. The SMILES string of the molecule is O=C1OC(c2ccc(I)cc2)=N/C1=C\c1ccc(OCc2ccc(Br)cc2)cc1. The number of cyclic esters (lactones) is 1. The van der Waals surface area contributed by atoms with Crippen molar-refractivity contribution < 1.29 is 14.3 Å². The largest absolute Gasteiger partial charge is 0.489 e. The van der Waals surface area contributed by atoms with E-state index < -0.39 is 5.97 Å². The Hall–Kier alpha value is -2.45. The molecule has 0 fully saturated rings. The molecule has 0 unspecified atom stereocenters. The van der Waals surface area contributed by atoms with Crippen molar-refractivity contribution in [2.75, 3.05) is 0 Å². The fourth-order valence-corrected chi connectivity index (χ4v) is 3.31. The quantitative estimate of drug-likeness (QED) is 0.219. The number of benzene rings is 3. The van der Waals surface area contributed by atoms with Crippen LogP contribution in [0.1, 0.15) is 16.7 Å². The van der Waals surface area contributed by atoms with Crippen molar-refractivity contribution in [3.05, 3.63) is 103 Å². The van der Waals surface area contributed by atoms with E-state index >= 15 is 0 Å². The van der Waals surface area contributed by atoms with Gasteiger partial charge >= 0.3 is 5.97 Å². The molecule has 1 heterocycles. The number of hydrogen-bond acceptors (Lipinski definition) is 4. The van der Waals surface area contributed by atoms with Crippen molar-refractivity contribution in [3.63, 3.8) is 0 Å². The van der Waals surface area contributed by atoms with Crippen molar-refractivity contribution in [2.24, 2.45) is 4.99 Å². The van der Waals surface area contributed by atoms with Gasteiger partial charge in [0.25, 0.3) is 0 Å². The van der Waals surface area contributed by atoms with Crippen molar-refractivity contribution in [2.45, 2.75) is 6.61 Å². The molecule has 1 aliphatic heterocycles. The zero-order chi connectivity index (χ0) is 20.2. The molecular formula is C23H15BrINO3. The fourth-order valence-electron chi connectivity index (χ4n) is 2.69. The molecule has 3 aromatic rings. The van der Waals surface area contributed by atoms with Crippen LogP contribution in [-0.4, -0.2) is 11.9 Å². The summed E-state index contributed by atoms with van der Waals surface area (Å²) >= 11 is 5.65. The summed E-state index contributed by atoms with van der Waals surface area (Å²) in [6.45, 7) is 0.490. The number of hydrogen-bond donors (Lipinski definition) is 0. The van der Waals surface area contributed by atoms with E-state index in [9.17, 15) is 4.79 Å². The first-order chi connectivity index (χ1) is 14.1. The Morgan fingerprint density at radius 3 is 2.34 bits per heavy atom. The Bertz CT molecular complexity index is 1090. The monoisotopic (exact) mass is 559 g/mol. The fraction of sp³-hybridized carbons (Fsp3) is 0.0435. The van der Waals surface area contributed by atoms with Crippen LogP contribution in [0.2, 0.25) is 0 Å². The molecule has 0 radical (unpaired) electrons. The number of carbonyl (C=O) groups excluding carboxylic acids is 1. The highest BCUT2D eigenvalue weighted by Crippen LogP contribution is 2.21. The minimum Gasteiger partial charge on any atom is -0.489 e. The van der Waals surface area contributed by atoms with Crippen LogP contribution in [0.4, 0.5) is 0 Å². The highest BCUT2D eigenvalue weighted by molar-refractivity contribution is 14.1. The molecule has 0 amide bonds. The van der Waals surface area contributed by atoms with Crippen LogP contribution in [0.15, 0.2) is 88.0 Å². The summed E-state index contributed by atoms with van der Waals surface area (Å²) in [6, 6.07) is 23.2. The summed E-state index contributed by atoms with van der Waals surface area (Å²) in [5.41, 5.74) is 2.99. The first-order valence-electron chi connectivity index (χ1n) is 8.83. The predicted molar refractivity (Wildman–Crippen MR) is 125 cm³/mol. The lowest BCUT2D eigenvalue weighted by Crippen LogP contribution is -2.05. The summed E-state index contributed by atoms with van der Waals surface area (Å²) in [5, 5.41) is 0. The second kappa shape index (κ2) is 8.92. The number of halogens is 2. The minimum atomic E-state index is -0.450. The molecule has 0 N–H and O–H groups in total. The van der Waals surface area contributed by atoms with Gasteiger partial charge in [0.15, 0.2) is 5.70 Å². The van der Waals surface area contributed by atoms with Crippen molar-refractivity contribution >= 4 is 56.5 Å². The first-order valence-corrected chi connectivity index (χ1v) is 10.7. The van der Waals surface area contributed by atoms with Gasteiger partial charge in [0.2, 0.25) is 5.90 Å². The average molecular weight is 560 g/mol. The second-order valence-electron chi connectivity index (χ2n) is 6.33. The zero-order valence-corrected chi connectivity index (χ0v) is 18.9. The maximum Gasteiger partial charge on any atom is 0.363 e. The Balaban J connectivity index is 1.44. The molecule has 0 aromatic heterocycles. The van der Waals surface area contributed by atoms with Crippen LogP contribution >= 0.6 is 38.5 Å². The maximum atomic E-state index is 12.1. The van der Waals surface area contributed by atoms with Gasteiger partial charge in [-0.25, -0.2) is 9.79 Å². The summed E-state index contributed by atoms with van der Waals surface area (Å²) in [4.78, 5) is 16.5. The van der Waals surface area contributed by atoms with E-state index in [-0.39, 0.29) is 5.70 Å². The van der Waals surface area contributed by atoms with Gasteiger partial charge in [0.1, 0.15) is 12.4 Å². The molecule has 0 aliphatic carbocycles. The third kappa shape index (κ3) is 5.13. The zero-order valence-electron chi connectivity index (χ0n) is 15.1. The average Bonchev–Trinajstić information content (AvgIpc) is 3.09.